The molecule has 0 saturated heterocycles. The van der Waals surface area contributed by atoms with Gasteiger partial charge < -0.3 is 21.3 Å². The average Bonchev–Trinajstić information content (AvgIpc) is 2.60. The van der Waals surface area contributed by atoms with E-state index in [1.807, 2.05) is 69.2 Å². The van der Waals surface area contributed by atoms with Crippen LogP contribution < -0.4 is 0 Å². The van der Waals surface area contributed by atoms with E-state index in [9.17, 15) is 26.3 Å². The van der Waals surface area contributed by atoms with E-state index in [1.165, 1.54) is 0 Å². The first kappa shape index (κ1) is 45.5. The summed E-state index contributed by atoms with van der Waals surface area (Å²) in [5.41, 5.74) is -2.09. The van der Waals surface area contributed by atoms with E-state index in [2.05, 4.69) is 21.3 Å². The molecule has 4 unspecified atom stereocenters. The quantitative estimate of drug-likeness (QED) is 0.166. The number of halogens is 6. The fraction of sp³-hybridized carbons (Fsp3) is 1.00. The normalized spacial score (nSPS) is 17.0. The molecule has 11 heteroatoms. The van der Waals surface area contributed by atoms with Gasteiger partial charge in [0.25, 0.3) is 0 Å². The van der Waals surface area contributed by atoms with E-state index in [0.29, 0.717) is 0 Å². The van der Waals surface area contributed by atoms with Crippen LogP contribution in [0.2, 0.25) is 0 Å². The summed E-state index contributed by atoms with van der Waals surface area (Å²) >= 11 is 0. The van der Waals surface area contributed by atoms with Crippen LogP contribution in [0.25, 0.3) is 21.3 Å². The average molecular weight is 654 g/mol. The van der Waals surface area contributed by atoms with Gasteiger partial charge in [0.2, 0.25) is 0 Å². The van der Waals surface area contributed by atoms with Crippen LogP contribution in [0, 0.1) is 11.8 Å². The van der Waals surface area contributed by atoms with Crippen LogP contribution in [0.15, 0.2) is 0 Å². The minimum atomic E-state index is -4.31. The van der Waals surface area contributed by atoms with Crippen molar-refractivity contribution in [3.05, 3.63) is 21.3 Å². The summed E-state index contributed by atoms with van der Waals surface area (Å²) in [4.78, 5) is 0. The molecule has 0 aromatic carbocycles. The standard InChI is InChI=1S/2C15H29F3N2.Zn/c2*1-10(2)11(19-13(3,4)5)9-12(15(16,17)18)20-14(6,7)8;/h2*10-12H,9H2,1-8H3;/q2*-2;. The molecule has 0 radical (unpaired) electrons. The third-order valence-electron chi connectivity index (χ3n) is 5.42. The SMILES string of the molecule is CC(C)C(CC([N-]C(C)(C)C)C(F)(F)F)[N-]C(C)(C)C.CC(C)C(CC([N-]C(C)(C)C)C(F)(F)F)[N-]C(C)(C)C.[Zn]. The molecule has 0 aromatic rings. The van der Waals surface area contributed by atoms with E-state index in [4.69, 9.17) is 0 Å². The number of rotatable bonds is 10. The Morgan fingerprint density at radius 2 is 0.610 bits per heavy atom. The summed E-state index contributed by atoms with van der Waals surface area (Å²) < 4.78 is 79.0. The maximum Gasteiger partial charge on any atom is 0.373 e. The smallest absolute Gasteiger partial charge is 0.373 e. The number of nitrogens with zero attached hydrogens (tertiary/aromatic N) is 4. The molecule has 0 aliphatic heterocycles. The molecule has 0 saturated carbocycles. The van der Waals surface area contributed by atoms with E-state index in [-0.39, 0.29) is 67.3 Å². The second-order valence-electron chi connectivity index (χ2n) is 15.4. The molecule has 0 heterocycles. The van der Waals surface area contributed by atoms with Crippen molar-refractivity contribution in [2.24, 2.45) is 11.8 Å². The van der Waals surface area contributed by atoms with Crippen LogP contribution >= 0.6 is 0 Å². The fourth-order valence-corrected chi connectivity index (χ4v) is 3.85. The van der Waals surface area contributed by atoms with Gasteiger partial charge in [0.1, 0.15) is 0 Å². The molecule has 0 amide bonds. The molecular weight excluding hydrogens is 596 g/mol. The molecule has 246 valence electrons. The van der Waals surface area contributed by atoms with Crippen LogP contribution in [0.3, 0.4) is 0 Å². The zero-order valence-electron chi connectivity index (χ0n) is 28.6. The summed E-state index contributed by atoms with van der Waals surface area (Å²) in [6, 6.07) is -3.98. The largest absolute Gasteiger partial charge is 0.654 e. The Kier molecular flexibility index (Phi) is 18.8. The third kappa shape index (κ3) is 25.1. The molecule has 0 N–H and O–H groups in total. The minimum absolute atomic E-state index is 0. The van der Waals surface area contributed by atoms with Gasteiger partial charge in [-0.25, -0.2) is 0 Å². The molecule has 0 rings (SSSR count). The second-order valence-corrected chi connectivity index (χ2v) is 15.4. The number of hydrogen-bond donors (Lipinski definition) is 0. The first-order chi connectivity index (χ1) is 17.2. The van der Waals surface area contributed by atoms with E-state index in [0.717, 1.165) is 0 Å². The molecule has 0 fully saturated rings. The molecule has 0 spiro atoms. The third-order valence-corrected chi connectivity index (χ3v) is 5.42. The van der Waals surface area contributed by atoms with Gasteiger partial charge in [-0.05, 0) is 12.1 Å². The maximum atomic E-state index is 13.2. The van der Waals surface area contributed by atoms with Gasteiger partial charge in [-0.1, -0.05) is 135 Å². The zero-order valence-corrected chi connectivity index (χ0v) is 31.6. The Morgan fingerprint density at radius 3 is 0.732 bits per heavy atom. The maximum absolute atomic E-state index is 13.2. The first-order valence-electron chi connectivity index (χ1n) is 14.2. The second kappa shape index (κ2) is 16.9. The van der Waals surface area contributed by atoms with E-state index >= 15 is 0 Å². The molecule has 0 bridgehead atoms. The Hall–Kier alpha value is 0.0434. The van der Waals surface area contributed by atoms with Gasteiger partial charge in [0.15, 0.2) is 0 Å². The van der Waals surface area contributed by atoms with Gasteiger partial charge >= 0.3 is 12.4 Å². The first-order valence-corrected chi connectivity index (χ1v) is 14.2. The van der Waals surface area contributed by atoms with Gasteiger partial charge in [0, 0.05) is 19.5 Å². The predicted molar refractivity (Wildman–Crippen MR) is 159 cm³/mol. The summed E-state index contributed by atoms with van der Waals surface area (Å²) in [5.74, 6) is 0.128. The van der Waals surface area contributed by atoms with Crippen LogP contribution in [0.4, 0.5) is 26.3 Å². The molecule has 0 aliphatic rings. The van der Waals surface area contributed by atoms with Crippen LogP contribution in [0.1, 0.15) is 124 Å². The summed E-state index contributed by atoms with van der Waals surface area (Å²) in [7, 11) is 0. The Morgan fingerprint density at radius 1 is 0.415 bits per heavy atom. The molecule has 4 atom stereocenters. The van der Waals surface area contributed by atoms with E-state index in [1.54, 1.807) is 41.5 Å². The Balaban J connectivity index is -0.000000688. The number of alkyl halides is 6. The number of hydrogen-bond acceptors (Lipinski definition) is 0. The molecule has 4 nitrogen and oxygen atoms in total. The fourth-order valence-electron chi connectivity index (χ4n) is 3.85. The van der Waals surface area contributed by atoms with Gasteiger partial charge in [0.05, 0.1) is 0 Å². The molecular formula is C30H58F6N4Zn-4. The van der Waals surface area contributed by atoms with Crippen molar-refractivity contribution < 1.29 is 45.8 Å². The molecule has 41 heavy (non-hydrogen) atoms. The van der Waals surface area contributed by atoms with Crippen molar-refractivity contribution in [2.75, 3.05) is 0 Å². The van der Waals surface area contributed by atoms with Crippen molar-refractivity contribution in [2.45, 2.75) is 182 Å². The van der Waals surface area contributed by atoms with Crippen molar-refractivity contribution in [3.8, 4) is 0 Å². The van der Waals surface area contributed by atoms with Gasteiger partial charge in [-0.15, -0.1) is 34.2 Å². The Labute approximate surface area is 260 Å². The van der Waals surface area contributed by atoms with Crippen LogP contribution in [-0.4, -0.2) is 58.7 Å². The topological polar surface area (TPSA) is 56.4 Å². The molecule has 0 aromatic heterocycles. The van der Waals surface area contributed by atoms with Crippen LogP contribution in [0.5, 0.6) is 0 Å². The van der Waals surface area contributed by atoms with Crippen molar-refractivity contribution in [3.63, 3.8) is 0 Å². The Bertz CT molecular complexity index is 637. The van der Waals surface area contributed by atoms with E-state index < -0.39 is 35.5 Å². The summed E-state index contributed by atoms with van der Waals surface area (Å²) in [5, 5.41) is 17.0. The van der Waals surface area contributed by atoms with Crippen molar-refractivity contribution in [1.29, 1.82) is 0 Å². The van der Waals surface area contributed by atoms with Crippen molar-refractivity contribution in [1.82, 2.24) is 0 Å². The van der Waals surface area contributed by atoms with Crippen LogP contribution in [-0.2, 0) is 19.5 Å². The van der Waals surface area contributed by atoms with Gasteiger partial charge in [-0.2, -0.15) is 26.3 Å². The van der Waals surface area contributed by atoms with Gasteiger partial charge in [-0.3, -0.25) is 0 Å². The summed E-state index contributed by atoms with van der Waals surface area (Å²) in [6.07, 6.45) is -8.77. The monoisotopic (exact) mass is 652 g/mol. The molecule has 0 aliphatic carbocycles. The summed E-state index contributed by atoms with van der Waals surface area (Å²) in [6.45, 7) is 29.2. The predicted octanol–water partition coefficient (Wildman–Crippen LogP) is 11.4. The minimum Gasteiger partial charge on any atom is -0.654 e. The van der Waals surface area contributed by atoms with Crippen molar-refractivity contribution >= 4 is 0 Å². The zero-order chi connectivity index (χ0) is 32.7.